The molecule has 7 nitrogen and oxygen atoms in total. The van der Waals surface area contributed by atoms with E-state index in [1.807, 2.05) is 6.20 Å². The molecule has 6 rings (SSSR count). The summed E-state index contributed by atoms with van der Waals surface area (Å²) in [5.74, 6) is 2.92. The second-order valence-electron chi connectivity index (χ2n) is 9.41. The van der Waals surface area contributed by atoms with E-state index in [1.165, 1.54) is 12.1 Å². The van der Waals surface area contributed by atoms with E-state index >= 15 is 0 Å². The molecule has 2 aromatic heterocycles. The Morgan fingerprint density at radius 1 is 1.05 bits per heavy atom. The number of hydrogen-bond donors (Lipinski definition) is 4. The summed E-state index contributed by atoms with van der Waals surface area (Å²) in [7, 11) is 0. The molecule has 190 valence electrons. The summed E-state index contributed by atoms with van der Waals surface area (Å²) in [6, 6.07) is 15.4. The lowest BCUT2D eigenvalue weighted by atomic mass is 10.00. The molecule has 1 fully saturated rings. The standard InChI is InChI=1S/C28H32N6O.C2H2/c1-2-12-29-17-26-31-16-24(32-26)19-7-5-18(6-8-19)20-9-10-21-25(15-20)35-14-11-22-27(21)34-28(33-22)23-4-3-13-30-23;1-2/h5-10,15-16,23,29-30H,2-4,11-14,17H2,1H3,(H,31,32)(H,33,34);1-2H/t23-;/m0./s1. The van der Waals surface area contributed by atoms with Crippen LogP contribution in [0.1, 0.15) is 49.6 Å². The van der Waals surface area contributed by atoms with E-state index in [4.69, 9.17) is 9.72 Å². The highest BCUT2D eigenvalue weighted by Gasteiger charge is 2.25. The van der Waals surface area contributed by atoms with Crippen molar-refractivity contribution in [2.75, 3.05) is 19.7 Å². The highest BCUT2D eigenvalue weighted by Crippen LogP contribution is 2.38. The number of benzene rings is 2. The van der Waals surface area contributed by atoms with Crippen molar-refractivity contribution in [3.05, 3.63) is 66.0 Å². The van der Waals surface area contributed by atoms with Gasteiger partial charge in [0.1, 0.15) is 17.4 Å². The third kappa shape index (κ3) is 5.31. The summed E-state index contributed by atoms with van der Waals surface area (Å²) in [4.78, 5) is 16.5. The van der Waals surface area contributed by atoms with Crippen LogP contribution in [0.15, 0.2) is 48.7 Å². The fourth-order valence-electron chi connectivity index (χ4n) is 5.02. The summed E-state index contributed by atoms with van der Waals surface area (Å²) in [5.41, 5.74) is 7.74. The van der Waals surface area contributed by atoms with Crippen LogP contribution in [0.25, 0.3) is 33.6 Å². The van der Waals surface area contributed by atoms with Crippen molar-refractivity contribution in [1.82, 2.24) is 30.6 Å². The lowest BCUT2D eigenvalue weighted by molar-refractivity contribution is 0.325. The Morgan fingerprint density at radius 2 is 1.86 bits per heavy atom. The predicted molar refractivity (Wildman–Crippen MR) is 148 cm³/mol. The Morgan fingerprint density at radius 3 is 2.65 bits per heavy atom. The first-order valence-electron chi connectivity index (χ1n) is 13.1. The predicted octanol–water partition coefficient (Wildman–Crippen LogP) is 5.24. The number of imidazole rings is 2. The normalized spacial score (nSPS) is 16.1. The number of nitrogens with zero attached hydrogens (tertiary/aromatic N) is 2. The lowest BCUT2D eigenvalue weighted by Gasteiger charge is -2.11. The highest BCUT2D eigenvalue weighted by atomic mass is 16.5. The van der Waals surface area contributed by atoms with E-state index in [0.29, 0.717) is 12.6 Å². The van der Waals surface area contributed by atoms with Crippen molar-refractivity contribution in [3.63, 3.8) is 0 Å². The Hall–Kier alpha value is -3.86. The number of aromatic nitrogens is 4. The van der Waals surface area contributed by atoms with E-state index in [2.05, 4.69) is 87.8 Å². The molecule has 2 aliphatic heterocycles. The van der Waals surface area contributed by atoms with Crippen LogP contribution in [0.4, 0.5) is 0 Å². The second-order valence-corrected chi connectivity index (χ2v) is 9.41. The molecule has 0 spiro atoms. The second kappa shape index (κ2) is 11.5. The average Bonchev–Trinajstić information content (AvgIpc) is 3.70. The summed E-state index contributed by atoms with van der Waals surface area (Å²) < 4.78 is 6.16. The van der Waals surface area contributed by atoms with Gasteiger partial charge in [0, 0.05) is 17.7 Å². The molecule has 4 heterocycles. The minimum Gasteiger partial charge on any atom is -0.492 e. The van der Waals surface area contributed by atoms with Crippen LogP contribution >= 0.6 is 0 Å². The number of H-pyrrole nitrogens is 2. The Labute approximate surface area is 218 Å². The van der Waals surface area contributed by atoms with Gasteiger partial charge in [-0.15, -0.1) is 12.8 Å². The third-order valence-electron chi connectivity index (χ3n) is 6.91. The first-order valence-corrected chi connectivity index (χ1v) is 13.1. The van der Waals surface area contributed by atoms with Crippen molar-refractivity contribution >= 4 is 0 Å². The van der Waals surface area contributed by atoms with Crippen LogP contribution in [0.2, 0.25) is 0 Å². The summed E-state index contributed by atoms with van der Waals surface area (Å²) >= 11 is 0. The molecule has 2 aliphatic rings. The number of ether oxygens (including phenoxy) is 1. The number of rotatable bonds is 7. The number of aromatic amines is 2. The van der Waals surface area contributed by atoms with Crippen molar-refractivity contribution in [2.45, 2.75) is 45.2 Å². The van der Waals surface area contributed by atoms with Gasteiger partial charge in [-0.2, -0.15) is 0 Å². The zero-order chi connectivity index (χ0) is 25.6. The Bertz CT molecular complexity index is 1340. The summed E-state index contributed by atoms with van der Waals surface area (Å²) in [5, 5.41) is 6.93. The van der Waals surface area contributed by atoms with E-state index in [1.54, 1.807) is 0 Å². The van der Waals surface area contributed by atoms with Gasteiger partial charge in [0.15, 0.2) is 0 Å². The van der Waals surface area contributed by atoms with E-state index in [0.717, 1.165) is 89.9 Å². The zero-order valence-electron chi connectivity index (χ0n) is 21.3. The van der Waals surface area contributed by atoms with Gasteiger partial charge >= 0.3 is 0 Å². The minimum atomic E-state index is 0.336. The molecule has 2 aromatic carbocycles. The molecule has 0 bridgehead atoms. The van der Waals surface area contributed by atoms with Gasteiger partial charge in [-0.3, -0.25) is 0 Å². The summed E-state index contributed by atoms with van der Waals surface area (Å²) in [6.07, 6.45) is 14.2. The number of nitrogens with one attached hydrogen (secondary N) is 4. The van der Waals surface area contributed by atoms with Crippen LogP contribution in [0, 0.1) is 12.8 Å². The topological polar surface area (TPSA) is 90.7 Å². The molecule has 0 aliphatic carbocycles. The van der Waals surface area contributed by atoms with Gasteiger partial charge < -0.3 is 25.3 Å². The summed E-state index contributed by atoms with van der Waals surface area (Å²) in [6.45, 7) is 5.64. The molecule has 7 heteroatoms. The third-order valence-corrected chi connectivity index (χ3v) is 6.91. The lowest BCUT2D eigenvalue weighted by Crippen LogP contribution is -2.14. The molecule has 1 atom stereocenters. The maximum atomic E-state index is 6.16. The maximum Gasteiger partial charge on any atom is 0.129 e. The molecular formula is C30H34N6O. The minimum absolute atomic E-state index is 0.336. The highest BCUT2D eigenvalue weighted by molar-refractivity contribution is 5.77. The fourth-order valence-corrected chi connectivity index (χ4v) is 5.02. The molecule has 0 radical (unpaired) electrons. The molecule has 0 unspecified atom stereocenters. The van der Waals surface area contributed by atoms with E-state index in [9.17, 15) is 0 Å². The zero-order valence-corrected chi connectivity index (χ0v) is 21.3. The maximum absolute atomic E-state index is 6.16. The number of hydrogen-bond acceptors (Lipinski definition) is 5. The van der Waals surface area contributed by atoms with Gasteiger partial charge in [0.05, 0.1) is 36.8 Å². The molecular weight excluding hydrogens is 460 g/mol. The van der Waals surface area contributed by atoms with E-state index in [-0.39, 0.29) is 0 Å². The van der Waals surface area contributed by atoms with Gasteiger partial charge in [-0.05, 0) is 61.2 Å². The Balaban J connectivity index is 0.00000137. The van der Waals surface area contributed by atoms with Crippen LogP contribution in [0.5, 0.6) is 5.75 Å². The van der Waals surface area contributed by atoms with Crippen molar-refractivity contribution in [1.29, 1.82) is 0 Å². The molecule has 0 amide bonds. The SMILES string of the molecule is C#C.CCCNCc1ncc(-c2ccc(-c3ccc4c(c3)OCCc3[nH]c([C@@H]5CCCN5)nc3-4)cc2)[nH]1. The smallest absolute Gasteiger partial charge is 0.129 e. The van der Waals surface area contributed by atoms with Gasteiger partial charge in [-0.25, -0.2) is 9.97 Å². The monoisotopic (exact) mass is 494 g/mol. The van der Waals surface area contributed by atoms with Gasteiger partial charge in [0.2, 0.25) is 0 Å². The van der Waals surface area contributed by atoms with Crippen LogP contribution in [0.3, 0.4) is 0 Å². The van der Waals surface area contributed by atoms with Crippen molar-refractivity contribution in [2.24, 2.45) is 0 Å². The molecule has 1 saturated heterocycles. The van der Waals surface area contributed by atoms with Crippen molar-refractivity contribution < 1.29 is 4.74 Å². The molecule has 0 saturated carbocycles. The molecule has 4 N–H and O–H groups in total. The number of terminal acetylenes is 1. The Kier molecular flexibility index (Phi) is 7.69. The first-order chi connectivity index (χ1) is 18.3. The van der Waals surface area contributed by atoms with Crippen LogP contribution in [-0.2, 0) is 13.0 Å². The van der Waals surface area contributed by atoms with Gasteiger partial charge in [-0.1, -0.05) is 37.3 Å². The van der Waals surface area contributed by atoms with Crippen LogP contribution in [-0.4, -0.2) is 39.6 Å². The average molecular weight is 495 g/mol. The first kappa shape index (κ1) is 24.8. The van der Waals surface area contributed by atoms with Crippen LogP contribution < -0.4 is 15.4 Å². The quantitative estimate of drug-likeness (QED) is 0.208. The molecule has 37 heavy (non-hydrogen) atoms. The van der Waals surface area contributed by atoms with E-state index < -0.39 is 0 Å². The fraction of sp³-hybridized carbons (Fsp3) is 0.333. The number of fused-ring (bicyclic) bond motifs is 3. The van der Waals surface area contributed by atoms with Crippen molar-refractivity contribution in [3.8, 4) is 52.2 Å². The molecule has 4 aromatic rings. The van der Waals surface area contributed by atoms with Gasteiger partial charge in [0.25, 0.3) is 0 Å². The largest absolute Gasteiger partial charge is 0.492 e.